The summed E-state index contributed by atoms with van der Waals surface area (Å²) < 4.78 is 34.8. The van der Waals surface area contributed by atoms with E-state index in [1.54, 1.807) is 20.8 Å². The van der Waals surface area contributed by atoms with Crippen LogP contribution in [-0.2, 0) is 38.5 Å². The Labute approximate surface area is 155 Å². The lowest BCUT2D eigenvalue weighted by molar-refractivity contribution is -0.149. The number of fused-ring (bicyclic) bond motifs is 1. The van der Waals surface area contributed by atoms with Crippen molar-refractivity contribution in [1.82, 2.24) is 4.90 Å². The molecule has 2 aliphatic rings. The molecule has 1 fully saturated rings. The van der Waals surface area contributed by atoms with Crippen LogP contribution in [0.5, 0.6) is 0 Å². The van der Waals surface area contributed by atoms with Gasteiger partial charge in [0, 0.05) is 18.6 Å². The third kappa shape index (κ3) is 4.18. The van der Waals surface area contributed by atoms with Crippen LogP contribution < -0.4 is 0 Å². The van der Waals surface area contributed by atoms with E-state index in [2.05, 4.69) is 0 Å². The minimum atomic E-state index is -4.04. The molecule has 2 heterocycles. The van der Waals surface area contributed by atoms with Gasteiger partial charge in [-0.1, -0.05) is 0 Å². The van der Waals surface area contributed by atoms with Crippen molar-refractivity contribution in [3.05, 3.63) is 22.9 Å². The topological polar surface area (TPSA) is 144 Å². The molecule has 2 rings (SSSR count). The average molecular weight is 401 g/mol. The summed E-state index contributed by atoms with van der Waals surface area (Å²) in [6.07, 6.45) is 0.767. The first-order valence-electron chi connectivity index (χ1n) is 7.83. The third-order valence-electron chi connectivity index (χ3n) is 3.59. The van der Waals surface area contributed by atoms with Crippen molar-refractivity contribution in [2.45, 2.75) is 38.7 Å². The highest BCUT2D eigenvalue weighted by atomic mass is 32.2. The van der Waals surface area contributed by atoms with Gasteiger partial charge >= 0.3 is 17.9 Å². The highest BCUT2D eigenvalue weighted by molar-refractivity contribution is 7.92. The molecule has 0 bridgehead atoms. The van der Waals surface area contributed by atoms with Gasteiger partial charge < -0.3 is 14.6 Å². The number of nitrogens with zero attached hydrogens (tertiary/aromatic N) is 1. The van der Waals surface area contributed by atoms with Gasteiger partial charge in [-0.2, -0.15) is 0 Å². The highest BCUT2D eigenvalue weighted by Gasteiger charge is 2.57. The van der Waals surface area contributed by atoms with Gasteiger partial charge in [0.25, 0.3) is 5.91 Å². The number of esters is 2. The van der Waals surface area contributed by atoms with Gasteiger partial charge in [0.05, 0.1) is 11.3 Å². The Morgan fingerprint density at radius 2 is 1.89 bits per heavy atom. The fraction of sp³-hybridized carbons (Fsp3) is 0.500. The molecule has 0 aromatic heterocycles. The number of carboxylic acids is 1. The van der Waals surface area contributed by atoms with E-state index in [0.29, 0.717) is 4.90 Å². The molecule has 1 amide bonds. The summed E-state index contributed by atoms with van der Waals surface area (Å²) in [6.45, 7) is 5.31. The molecule has 1 N–H and O–H groups in total. The Balaban J connectivity index is 2.43. The van der Waals surface area contributed by atoms with E-state index in [1.165, 1.54) is 0 Å². The lowest BCUT2D eigenvalue weighted by atomic mass is 10.0. The number of amides is 1. The average Bonchev–Trinajstić information content (AvgIpc) is 2.47. The van der Waals surface area contributed by atoms with E-state index >= 15 is 0 Å². The summed E-state index contributed by atoms with van der Waals surface area (Å²) in [5, 5.41) is 7.81. The zero-order chi connectivity index (χ0) is 20.7. The number of carboxylic acid groups (broad SMARTS) is 1. The predicted octanol–water partition coefficient (Wildman–Crippen LogP) is -0.247. The first-order valence-corrected chi connectivity index (χ1v) is 9.54. The lowest BCUT2D eigenvalue weighted by Crippen LogP contribution is -2.62. The maximum atomic E-state index is 12.5. The molecule has 0 unspecified atom stereocenters. The maximum Gasteiger partial charge on any atom is 0.352 e. The quantitative estimate of drug-likeness (QED) is 0.383. The fourth-order valence-corrected chi connectivity index (χ4v) is 4.64. The van der Waals surface area contributed by atoms with Crippen molar-refractivity contribution in [3.8, 4) is 0 Å². The molecular formula is C16H19NO9S. The number of ether oxygens (including phenoxy) is 2. The normalized spacial score (nSPS) is 22.8. The fourth-order valence-electron chi connectivity index (χ4n) is 2.70. The molecule has 148 valence electrons. The van der Waals surface area contributed by atoms with Crippen molar-refractivity contribution in [3.63, 3.8) is 0 Å². The number of rotatable bonds is 4. The van der Waals surface area contributed by atoms with Crippen molar-refractivity contribution >= 4 is 33.7 Å². The molecule has 0 aromatic carbocycles. The molecule has 10 nitrogen and oxygen atoms in total. The van der Waals surface area contributed by atoms with Crippen LogP contribution in [0.3, 0.4) is 0 Å². The van der Waals surface area contributed by atoms with Gasteiger partial charge in [0.1, 0.15) is 17.9 Å². The van der Waals surface area contributed by atoms with Crippen LogP contribution in [0.2, 0.25) is 0 Å². The summed E-state index contributed by atoms with van der Waals surface area (Å²) in [4.78, 5) is 47.4. The van der Waals surface area contributed by atoms with Crippen molar-refractivity contribution in [2.75, 3.05) is 12.4 Å². The van der Waals surface area contributed by atoms with E-state index in [9.17, 15) is 32.7 Å². The zero-order valence-corrected chi connectivity index (χ0v) is 16.0. The number of carbonyl (C=O) groups is 4. The number of aliphatic carboxylic acids is 1. The SMILES string of the molecule is CC(=O)OCC1=C(C(=O)O)N2C(=O)/C(=C\C(=O)OC(C)(C)C)[C@H]2S(=O)(=O)C1. The molecule has 1 saturated heterocycles. The number of sulfone groups is 1. The summed E-state index contributed by atoms with van der Waals surface area (Å²) in [5.41, 5.74) is -2.01. The summed E-state index contributed by atoms with van der Waals surface area (Å²) in [5.74, 6) is -4.84. The molecule has 0 radical (unpaired) electrons. The third-order valence-corrected chi connectivity index (χ3v) is 5.49. The van der Waals surface area contributed by atoms with Crippen LogP contribution in [0.4, 0.5) is 0 Å². The second-order valence-electron chi connectivity index (χ2n) is 7.01. The molecule has 0 saturated carbocycles. The van der Waals surface area contributed by atoms with Crippen LogP contribution in [0, 0.1) is 0 Å². The summed E-state index contributed by atoms with van der Waals surface area (Å²) in [7, 11) is -4.04. The van der Waals surface area contributed by atoms with Gasteiger partial charge in [-0.3, -0.25) is 14.5 Å². The van der Waals surface area contributed by atoms with Gasteiger partial charge in [-0.25, -0.2) is 18.0 Å². The van der Waals surface area contributed by atoms with Crippen LogP contribution in [-0.4, -0.2) is 65.6 Å². The van der Waals surface area contributed by atoms with Crippen molar-refractivity contribution < 1.29 is 42.2 Å². The minimum Gasteiger partial charge on any atom is -0.477 e. The second-order valence-corrected chi connectivity index (χ2v) is 9.07. The van der Waals surface area contributed by atoms with Crippen molar-refractivity contribution in [2.24, 2.45) is 0 Å². The lowest BCUT2D eigenvalue weighted by Gasteiger charge is -2.45. The standard InChI is InChI=1S/C16H19NO9S/c1-8(18)25-6-9-7-27(23,24)14-10(5-11(19)26-16(2,3)4)13(20)17(14)12(9)15(21)22/h5,14H,6-7H2,1-4H3,(H,21,22)/b10-5+/t14-/m1/s1. The Hall–Kier alpha value is -2.69. The summed E-state index contributed by atoms with van der Waals surface area (Å²) in [6, 6.07) is 0. The number of β-lactam (4-membered cyclic amide) rings is 1. The number of carbonyl (C=O) groups excluding carboxylic acids is 3. The van der Waals surface area contributed by atoms with E-state index < -0.39 is 62.7 Å². The van der Waals surface area contributed by atoms with E-state index in [1.807, 2.05) is 0 Å². The van der Waals surface area contributed by atoms with Crippen LogP contribution in [0.15, 0.2) is 22.9 Å². The van der Waals surface area contributed by atoms with E-state index in [4.69, 9.17) is 9.47 Å². The van der Waals surface area contributed by atoms with Gasteiger partial charge in [-0.05, 0) is 20.8 Å². The molecule has 0 aliphatic carbocycles. The predicted molar refractivity (Wildman–Crippen MR) is 89.6 cm³/mol. The molecule has 0 spiro atoms. The Morgan fingerprint density at radius 3 is 2.37 bits per heavy atom. The molecule has 1 atom stereocenters. The molecule has 2 aliphatic heterocycles. The van der Waals surface area contributed by atoms with E-state index in [-0.39, 0.29) is 11.1 Å². The monoisotopic (exact) mass is 401 g/mol. The van der Waals surface area contributed by atoms with Gasteiger partial charge in [0.15, 0.2) is 15.2 Å². The Kier molecular flexibility index (Phi) is 5.19. The molecular weight excluding hydrogens is 382 g/mol. The largest absolute Gasteiger partial charge is 0.477 e. The molecule has 11 heteroatoms. The molecule has 0 aromatic rings. The Bertz CT molecular complexity index is 889. The Morgan fingerprint density at radius 1 is 1.30 bits per heavy atom. The van der Waals surface area contributed by atoms with Crippen molar-refractivity contribution in [1.29, 1.82) is 0 Å². The van der Waals surface area contributed by atoms with Crippen LogP contribution >= 0.6 is 0 Å². The summed E-state index contributed by atoms with van der Waals surface area (Å²) >= 11 is 0. The number of hydrogen-bond acceptors (Lipinski definition) is 8. The first kappa shape index (κ1) is 20.6. The van der Waals surface area contributed by atoms with Crippen LogP contribution in [0.1, 0.15) is 27.7 Å². The van der Waals surface area contributed by atoms with Gasteiger partial charge in [-0.15, -0.1) is 0 Å². The van der Waals surface area contributed by atoms with Gasteiger partial charge in [0.2, 0.25) is 0 Å². The number of hydrogen-bond donors (Lipinski definition) is 1. The zero-order valence-electron chi connectivity index (χ0n) is 15.1. The maximum absolute atomic E-state index is 12.5. The minimum absolute atomic E-state index is 0.224. The second kappa shape index (κ2) is 6.80. The highest BCUT2D eigenvalue weighted by Crippen LogP contribution is 2.40. The molecule has 27 heavy (non-hydrogen) atoms. The smallest absolute Gasteiger partial charge is 0.352 e. The van der Waals surface area contributed by atoms with Crippen LogP contribution in [0.25, 0.3) is 0 Å². The van der Waals surface area contributed by atoms with E-state index in [0.717, 1.165) is 13.0 Å². The first-order chi connectivity index (χ1) is 12.2.